The van der Waals surface area contributed by atoms with E-state index in [2.05, 4.69) is 15.5 Å². The SMILES string of the molecule is O=C(Nc1nnc(SCC(=O)N2CCCc3ccccc32)s1)c1cccc([N+](=O)[O-])c1. The van der Waals surface area contributed by atoms with Gasteiger partial charge < -0.3 is 4.90 Å². The van der Waals surface area contributed by atoms with E-state index in [4.69, 9.17) is 0 Å². The molecule has 0 saturated heterocycles. The van der Waals surface area contributed by atoms with Crippen molar-refractivity contribution in [1.82, 2.24) is 10.2 Å². The number of rotatable bonds is 6. The number of anilines is 2. The first kappa shape index (κ1) is 20.9. The van der Waals surface area contributed by atoms with Gasteiger partial charge in [-0.2, -0.15) is 0 Å². The van der Waals surface area contributed by atoms with Crippen molar-refractivity contribution in [3.05, 3.63) is 69.8 Å². The number of fused-ring (bicyclic) bond motifs is 1. The molecule has 0 unspecified atom stereocenters. The third-order valence-electron chi connectivity index (χ3n) is 4.68. The van der Waals surface area contributed by atoms with Gasteiger partial charge in [0.25, 0.3) is 11.6 Å². The Hall–Kier alpha value is -3.31. The summed E-state index contributed by atoms with van der Waals surface area (Å²) in [6, 6.07) is 13.3. The second kappa shape index (κ2) is 9.23. The van der Waals surface area contributed by atoms with Crippen LogP contribution >= 0.6 is 23.1 Å². The molecule has 1 N–H and O–H groups in total. The Balaban J connectivity index is 1.36. The lowest BCUT2D eigenvalue weighted by atomic mass is 10.0. The number of non-ortho nitro benzene ring substituents is 1. The van der Waals surface area contributed by atoms with Crippen LogP contribution in [0.15, 0.2) is 52.9 Å². The van der Waals surface area contributed by atoms with Crippen molar-refractivity contribution in [1.29, 1.82) is 0 Å². The predicted octanol–water partition coefficient (Wildman–Crippen LogP) is 3.77. The van der Waals surface area contributed by atoms with Gasteiger partial charge in [-0.3, -0.25) is 25.0 Å². The molecule has 2 heterocycles. The minimum absolute atomic E-state index is 0.00506. The van der Waals surface area contributed by atoms with E-state index in [1.165, 1.54) is 41.6 Å². The highest BCUT2D eigenvalue weighted by atomic mass is 32.2. The third-order valence-corrected chi connectivity index (χ3v) is 6.63. The van der Waals surface area contributed by atoms with E-state index in [0.29, 0.717) is 10.9 Å². The van der Waals surface area contributed by atoms with Crippen LogP contribution in [0.5, 0.6) is 0 Å². The lowest BCUT2D eigenvalue weighted by Gasteiger charge is -2.29. The van der Waals surface area contributed by atoms with Gasteiger partial charge in [-0.1, -0.05) is 47.4 Å². The minimum Gasteiger partial charge on any atom is -0.311 e. The van der Waals surface area contributed by atoms with Gasteiger partial charge in [-0.05, 0) is 30.5 Å². The van der Waals surface area contributed by atoms with Crippen molar-refractivity contribution in [3.63, 3.8) is 0 Å². The monoisotopic (exact) mass is 455 g/mol. The van der Waals surface area contributed by atoms with E-state index in [1.54, 1.807) is 4.90 Å². The van der Waals surface area contributed by atoms with E-state index in [0.717, 1.165) is 29.9 Å². The number of carbonyl (C=O) groups is 2. The highest BCUT2D eigenvalue weighted by molar-refractivity contribution is 8.01. The quantitative estimate of drug-likeness (QED) is 0.260. The molecule has 0 spiro atoms. The summed E-state index contributed by atoms with van der Waals surface area (Å²) in [7, 11) is 0. The highest BCUT2D eigenvalue weighted by Gasteiger charge is 2.22. The third kappa shape index (κ3) is 4.89. The molecule has 0 fully saturated rings. The molecular weight excluding hydrogens is 438 g/mol. The largest absolute Gasteiger partial charge is 0.311 e. The summed E-state index contributed by atoms with van der Waals surface area (Å²) in [6.45, 7) is 0.692. The molecule has 1 aliphatic rings. The molecule has 0 radical (unpaired) electrons. The zero-order chi connectivity index (χ0) is 21.8. The van der Waals surface area contributed by atoms with Crippen molar-refractivity contribution >= 4 is 51.4 Å². The zero-order valence-electron chi connectivity index (χ0n) is 16.2. The van der Waals surface area contributed by atoms with E-state index in [-0.39, 0.29) is 28.0 Å². The molecule has 2 aromatic carbocycles. The average Bonchev–Trinajstić information content (AvgIpc) is 3.24. The fraction of sp³-hybridized carbons (Fsp3) is 0.200. The molecule has 1 aromatic heterocycles. The van der Waals surface area contributed by atoms with Gasteiger partial charge in [-0.25, -0.2) is 0 Å². The Bertz CT molecular complexity index is 1150. The predicted molar refractivity (Wildman–Crippen MR) is 119 cm³/mol. The molecule has 31 heavy (non-hydrogen) atoms. The number of nitrogens with zero attached hydrogens (tertiary/aromatic N) is 4. The topological polar surface area (TPSA) is 118 Å². The smallest absolute Gasteiger partial charge is 0.270 e. The molecule has 0 saturated carbocycles. The summed E-state index contributed by atoms with van der Waals surface area (Å²) in [6.07, 6.45) is 1.90. The van der Waals surface area contributed by atoms with Gasteiger partial charge >= 0.3 is 0 Å². The number of aryl methyl sites for hydroxylation is 1. The lowest BCUT2D eigenvalue weighted by Crippen LogP contribution is -2.36. The number of amides is 2. The molecule has 0 aliphatic carbocycles. The summed E-state index contributed by atoms with van der Waals surface area (Å²) in [5.41, 5.74) is 2.12. The molecule has 1 aliphatic heterocycles. The number of nitro groups is 1. The Morgan fingerprint density at radius 2 is 2.03 bits per heavy atom. The first-order valence-electron chi connectivity index (χ1n) is 9.41. The van der Waals surface area contributed by atoms with Crippen molar-refractivity contribution in [2.75, 3.05) is 22.5 Å². The van der Waals surface area contributed by atoms with E-state index in [9.17, 15) is 19.7 Å². The molecular formula is C20H17N5O4S2. The fourth-order valence-corrected chi connectivity index (χ4v) is 4.87. The van der Waals surface area contributed by atoms with Crippen LogP contribution in [0.2, 0.25) is 0 Å². The average molecular weight is 456 g/mol. The molecule has 4 rings (SSSR count). The fourth-order valence-electron chi connectivity index (χ4n) is 3.24. The van der Waals surface area contributed by atoms with Crippen LogP contribution in [0.4, 0.5) is 16.5 Å². The maximum Gasteiger partial charge on any atom is 0.270 e. The van der Waals surface area contributed by atoms with Gasteiger partial charge in [0.1, 0.15) is 0 Å². The van der Waals surface area contributed by atoms with Gasteiger partial charge in [0.05, 0.1) is 10.7 Å². The van der Waals surface area contributed by atoms with Gasteiger partial charge in [-0.15, -0.1) is 10.2 Å². The number of thioether (sulfide) groups is 1. The summed E-state index contributed by atoms with van der Waals surface area (Å²) in [5, 5.41) is 21.6. The number of nitrogens with one attached hydrogen (secondary N) is 1. The van der Waals surface area contributed by atoms with Crippen LogP contribution in [0, 0.1) is 10.1 Å². The van der Waals surface area contributed by atoms with Crippen LogP contribution in [-0.4, -0.2) is 39.2 Å². The molecule has 158 valence electrons. The zero-order valence-corrected chi connectivity index (χ0v) is 17.8. The number of benzene rings is 2. The first-order valence-corrected chi connectivity index (χ1v) is 11.2. The molecule has 11 heteroatoms. The van der Waals surface area contributed by atoms with Crippen LogP contribution in [0.1, 0.15) is 22.3 Å². The minimum atomic E-state index is -0.561. The second-order valence-electron chi connectivity index (χ2n) is 6.70. The summed E-state index contributed by atoms with van der Waals surface area (Å²) < 4.78 is 0.549. The van der Waals surface area contributed by atoms with Gasteiger partial charge in [0.2, 0.25) is 11.0 Å². The molecule has 2 amide bonds. The van der Waals surface area contributed by atoms with Crippen LogP contribution in [0.25, 0.3) is 0 Å². The second-order valence-corrected chi connectivity index (χ2v) is 8.90. The lowest BCUT2D eigenvalue weighted by molar-refractivity contribution is -0.384. The maximum atomic E-state index is 12.7. The van der Waals surface area contributed by atoms with Crippen LogP contribution in [-0.2, 0) is 11.2 Å². The molecule has 0 atom stereocenters. The summed E-state index contributed by atoms with van der Waals surface area (Å²) in [4.78, 5) is 37.2. The number of nitro benzene ring substituents is 1. The Kier molecular flexibility index (Phi) is 6.23. The standard InChI is InChI=1S/C20H17N5O4S2/c26-17(24-10-4-7-13-5-1-2-9-16(13)24)12-30-20-23-22-19(31-20)21-18(27)14-6-3-8-15(11-14)25(28)29/h1-3,5-6,8-9,11H,4,7,10,12H2,(H,21,22,27). The molecule has 0 bridgehead atoms. The van der Waals surface area contributed by atoms with Gasteiger partial charge in [0, 0.05) is 29.9 Å². The number of aromatic nitrogens is 2. The maximum absolute atomic E-state index is 12.7. The van der Waals surface area contributed by atoms with E-state index >= 15 is 0 Å². The number of hydrogen-bond donors (Lipinski definition) is 1. The van der Waals surface area contributed by atoms with Gasteiger partial charge in [0.15, 0.2) is 4.34 Å². The normalized spacial score (nSPS) is 12.8. The van der Waals surface area contributed by atoms with Crippen LogP contribution < -0.4 is 10.2 Å². The Labute approximate surface area is 185 Å². The van der Waals surface area contributed by atoms with Crippen molar-refractivity contribution < 1.29 is 14.5 Å². The molecule has 9 nitrogen and oxygen atoms in total. The Morgan fingerprint density at radius 1 is 1.19 bits per heavy atom. The number of carbonyl (C=O) groups excluding carboxylic acids is 2. The number of para-hydroxylation sites is 1. The van der Waals surface area contributed by atoms with Crippen molar-refractivity contribution in [2.45, 2.75) is 17.2 Å². The van der Waals surface area contributed by atoms with Crippen LogP contribution in [0.3, 0.4) is 0 Å². The van der Waals surface area contributed by atoms with E-state index in [1.807, 2.05) is 24.3 Å². The first-order chi connectivity index (χ1) is 15.0. The summed E-state index contributed by atoms with van der Waals surface area (Å²) >= 11 is 2.40. The molecule has 3 aromatic rings. The Morgan fingerprint density at radius 3 is 2.87 bits per heavy atom. The van der Waals surface area contributed by atoms with Crippen molar-refractivity contribution in [3.8, 4) is 0 Å². The summed E-state index contributed by atoms with van der Waals surface area (Å²) in [5.74, 6) is -0.311. The van der Waals surface area contributed by atoms with E-state index < -0.39 is 10.8 Å². The highest BCUT2D eigenvalue weighted by Crippen LogP contribution is 2.30. The number of hydrogen-bond acceptors (Lipinski definition) is 8. The van der Waals surface area contributed by atoms with Crippen molar-refractivity contribution in [2.24, 2.45) is 0 Å².